The lowest BCUT2D eigenvalue weighted by molar-refractivity contribution is 0.0644. The molecule has 0 spiro atoms. The molecule has 0 bridgehead atoms. The molecule has 3 aromatic rings. The number of fused-ring (bicyclic) bond motifs is 1. The van der Waals surface area contributed by atoms with Crippen LogP contribution < -0.4 is 0 Å². The number of halogens is 1. The zero-order valence-corrected chi connectivity index (χ0v) is 14.5. The maximum absolute atomic E-state index is 13.0. The average Bonchev–Trinajstić information content (AvgIpc) is 3.21. The van der Waals surface area contributed by atoms with Gasteiger partial charge in [-0.25, -0.2) is 15.0 Å². The molecule has 9 heteroatoms. The summed E-state index contributed by atoms with van der Waals surface area (Å²) in [6.45, 7) is 4.95. The van der Waals surface area contributed by atoms with Crippen molar-refractivity contribution in [2.45, 2.75) is 26.4 Å². The lowest BCUT2D eigenvalue weighted by Gasteiger charge is -2.34. The van der Waals surface area contributed by atoms with Crippen molar-refractivity contribution in [3.05, 3.63) is 47.6 Å². The van der Waals surface area contributed by atoms with Gasteiger partial charge in [0.25, 0.3) is 5.91 Å². The maximum atomic E-state index is 13.0. The van der Waals surface area contributed by atoms with Crippen molar-refractivity contribution in [2.75, 3.05) is 6.54 Å². The first-order valence-electron chi connectivity index (χ1n) is 7.83. The Balaban J connectivity index is 1.63. The van der Waals surface area contributed by atoms with Crippen LogP contribution >= 0.6 is 11.5 Å². The standard InChI is InChI=1S/C16H15FN6OS/c1-9-12-8-19-14(15-20-10(2)21-25-15)23(12)6-5-22(9)16(24)11-3-4-13(17)18-7-11/h3-4,7-9H,5-6H2,1-2H3. The number of imidazole rings is 1. The summed E-state index contributed by atoms with van der Waals surface area (Å²) in [5, 5.41) is 0.776. The molecule has 1 aliphatic rings. The monoisotopic (exact) mass is 358 g/mol. The minimum Gasteiger partial charge on any atom is -0.328 e. The number of aromatic nitrogens is 5. The largest absolute Gasteiger partial charge is 0.328 e. The molecule has 3 aromatic heterocycles. The fourth-order valence-electron chi connectivity index (χ4n) is 3.02. The molecule has 0 saturated heterocycles. The fourth-order valence-corrected chi connectivity index (χ4v) is 3.70. The van der Waals surface area contributed by atoms with E-state index in [0.717, 1.165) is 22.4 Å². The molecule has 1 atom stereocenters. The van der Waals surface area contributed by atoms with Crippen LogP contribution in [0.2, 0.25) is 0 Å². The number of amides is 1. The predicted octanol–water partition coefficient (Wildman–Crippen LogP) is 2.46. The predicted molar refractivity (Wildman–Crippen MR) is 89.5 cm³/mol. The molecule has 4 heterocycles. The molecule has 0 saturated carbocycles. The van der Waals surface area contributed by atoms with Crippen LogP contribution in [0.15, 0.2) is 24.5 Å². The molecule has 0 N–H and O–H groups in total. The third-order valence-electron chi connectivity index (χ3n) is 4.30. The Morgan fingerprint density at radius 2 is 2.12 bits per heavy atom. The molecule has 1 aliphatic heterocycles. The van der Waals surface area contributed by atoms with E-state index in [0.29, 0.717) is 18.7 Å². The molecule has 4 rings (SSSR count). The van der Waals surface area contributed by atoms with Crippen LogP contribution in [0.25, 0.3) is 10.8 Å². The topological polar surface area (TPSA) is 76.8 Å². The second-order valence-electron chi connectivity index (χ2n) is 5.85. The van der Waals surface area contributed by atoms with Crippen LogP contribution in [0.1, 0.15) is 34.8 Å². The van der Waals surface area contributed by atoms with Crippen molar-refractivity contribution < 1.29 is 9.18 Å². The first kappa shape index (κ1) is 15.8. The first-order valence-corrected chi connectivity index (χ1v) is 8.60. The molecular weight excluding hydrogens is 343 g/mol. The first-order chi connectivity index (χ1) is 12.0. The number of hydrogen-bond acceptors (Lipinski definition) is 6. The van der Waals surface area contributed by atoms with Crippen molar-refractivity contribution in [3.8, 4) is 10.8 Å². The number of hydrogen-bond donors (Lipinski definition) is 0. The Morgan fingerprint density at radius 1 is 1.28 bits per heavy atom. The Kier molecular flexibility index (Phi) is 3.79. The SMILES string of the molecule is Cc1nsc(-c2ncc3n2CCN(C(=O)c2ccc(F)nc2)C3C)n1. The molecule has 0 aromatic carbocycles. The molecule has 128 valence electrons. The molecule has 0 fully saturated rings. The zero-order chi connectivity index (χ0) is 17.6. The number of carbonyl (C=O) groups excluding carboxylic acids is 1. The van der Waals surface area contributed by atoms with Gasteiger partial charge >= 0.3 is 0 Å². The minimum absolute atomic E-state index is 0.151. The highest BCUT2D eigenvalue weighted by Crippen LogP contribution is 2.31. The van der Waals surface area contributed by atoms with Gasteiger partial charge < -0.3 is 9.47 Å². The Morgan fingerprint density at radius 3 is 2.80 bits per heavy atom. The summed E-state index contributed by atoms with van der Waals surface area (Å²) in [7, 11) is 0. The second-order valence-corrected chi connectivity index (χ2v) is 6.60. The van der Waals surface area contributed by atoms with Crippen LogP contribution in [0.3, 0.4) is 0 Å². The Hall–Kier alpha value is -2.68. The van der Waals surface area contributed by atoms with Crippen LogP contribution in [0.5, 0.6) is 0 Å². The van der Waals surface area contributed by atoms with Gasteiger partial charge in [-0.05, 0) is 37.5 Å². The Labute approximate surface area is 147 Å². The van der Waals surface area contributed by atoms with Crippen LogP contribution in [0.4, 0.5) is 4.39 Å². The summed E-state index contributed by atoms with van der Waals surface area (Å²) in [5.41, 5.74) is 1.32. The Bertz CT molecular complexity index is 935. The molecule has 7 nitrogen and oxygen atoms in total. The van der Waals surface area contributed by atoms with Crippen LogP contribution in [-0.4, -0.2) is 41.2 Å². The van der Waals surface area contributed by atoms with Gasteiger partial charge in [0.1, 0.15) is 5.82 Å². The number of rotatable bonds is 2. The molecular formula is C16H15FN6OS. The summed E-state index contributed by atoms with van der Waals surface area (Å²) in [6, 6.07) is 2.50. The van der Waals surface area contributed by atoms with E-state index in [1.807, 2.05) is 13.8 Å². The number of pyridine rings is 1. The van der Waals surface area contributed by atoms with Crippen molar-refractivity contribution in [1.29, 1.82) is 0 Å². The van der Waals surface area contributed by atoms with Crippen molar-refractivity contribution >= 4 is 17.4 Å². The van der Waals surface area contributed by atoms with E-state index in [9.17, 15) is 9.18 Å². The lowest BCUT2D eigenvalue weighted by Crippen LogP contribution is -2.41. The number of nitrogens with zero attached hydrogens (tertiary/aromatic N) is 6. The van der Waals surface area contributed by atoms with Crippen LogP contribution in [-0.2, 0) is 6.54 Å². The van der Waals surface area contributed by atoms with E-state index in [1.54, 1.807) is 11.1 Å². The highest BCUT2D eigenvalue weighted by Gasteiger charge is 2.31. The van der Waals surface area contributed by atoms with Crippen molar-refractivity contribution in [2.24, 2.45) is 0 Å². The van der Waals surface area contributed by atoms with Crippen molar-refractivity contribution in [1.82, 2.24) is 28.8 Å². The molecule has 1 amide bonds. The van der Waals surface area contributed by atoms with Crippen LogP contribution in [0, 0.1) is 12.9 Å². The molecule has 0 aliphatic carbocycles. The molecule has 25 heavy (non-hydrogen) atoms. The smallest absolute Gasteiger partial charge is 0.256 e. The number of carbonyl (C=O) groups is 1. The highest BCUT2D eigenvalue weighted by atomic mass is 32.1. The van der Waals surface area contributed by atoms with Gasteiger partial charge in [-0.2, -0.15) is 8.76 Å². The zero-order valence-electron chi connectivity index (χ0n) is 13.7. The number of aryl methyl sites for hydroxylation is 1. The molecule has 0 radical (unpaired) electrons. The normalized spacial score (nSPS) is 16.8. The third kappa shape index (κ3) is 2.70. The second kappa shape index (κ2) is 5.99. The summed E-state index contributed by atoms with van der Waals surface area (Å²) in [6.07, 6.45) is 3.05. The van der Waals surface area contributed by atoms with E-state index in [4.69, 9.17) is 0 Å². The summed E-state index contributed by atoms with van der Waals surface area (Å²) >= 11 is 1.32. The van der Waals surface area contributed by atoms with Gasteiger partial charge in [0.15, 0.2) is 10.8 Å². The summed E-state index contributed by atoms with van der Waals surface area (Å²) < 4.78 is 19.3. The van der Waals surface area contributed by atoms with Gasteiger partial charge in [0.2, 0.25) is 5.95 Å². The third-order valence-corrected chi connectivity index (χ3v) is 5.10. The fraction of sp³-hybridized carbons (Fsp3) is 0.312. The van der Waals surface area contributed by atoms with E-state index in [-0.39, 0.29) is 11.9 Å². The van der Waals surface area contributed by atoms with Crippen molar-refractivity contribution in [3.63, 3.8) is 0 Å². The van der Waals surface area contributed by atoms with Gasteiger partial charge in [-0.3, -0.25) is 4.79 Å². The molecule has 1 unspecified atom stereocenters. The van der Waals surface area contributed by atoms with Gasteiger partial charge in [-0.15, -0.1) is 0 Å². The highest BCUT2D eigenvalue weighted by molar-refractivity contribution is 7.09. The minimum atomic E-state index is -0.599. The van der Waals surface area contributed by atoms with Gasteiger partial charge in [-0.1, -0.05) is 0 Å². The summed E-state index contributed by atoms with van der Waals surface area (Å²) in [5.74, 6) is 0.740. The quantitative estimate of drug-likeness (QED) is 0.658. The average molecular weight is 358 g/mol. The lowest BCUT2D eigenvalue weighted by atomic mass is 10.1. The maximum Gasteiger partial charge on any atom is 0.256 e. The summed E-state index contributed by atoms with van der Waals surface area (Å²) in [4.78, 5) is 26.9. The van der Waals surface area contributed by atoms with E-state index in [1.165, 1.54) is 29.9 Å². The van der Waals surface area contributed by atoms with Gasteiger partial charge in [0, 0.05) is 19.3 Å². The van der Waals surface area contributed by atoms with E-state index >= 15 is 0 Å². The van der Waals surface area contributed by atoms with E-state index < -0.39 is 5.95 Å². The van der Waals surface area contributed by atoms with E-state index in [2.05, 4.69) is 23.9 Å². The van der Waals surface area contributed by atoms with Gasteiger partial charge in [0.05, 0.1) is 23.5 Å².